The van der Waals surface area contributed by atoms with Crippen LogP contribution in [-0.4, -0.2) is 24.9 Å². The fraction of sp³-hybridized carbons (Fsp3) is 0.0690. The zero-order valence-electron chi connectivity index (χ0n) is 22.0. The molecule has 2 heterocycles. The predicted octanol–water partition coefficient (Wildman–Crippen LogP) is 5.05. The molecule has 3 aromatic carbocycles. The van der Waals surface area contributed by atoms with Gasteiger partial charge >= 0.3 is 0 Å². The van der Waals surface area contributed by atoms with E-state index in [0.717, 1.165) is 5.36 Å². The fourth-order valence-corrected chi connectivity index (χ4v) is 4.21. The van der Waals surface area contributed by atoms with Crippen molar-refractivity contribution in [1.29, 1.82) is 0 Å². The Balaban J connectivity index is 1.44. The minimum atomic E-state index is -0.656. The van der Waals surface area contributed by atoms with E-state index in [-0.39, 0.29) is 16.9 Å². The van der Waals surface area contributed by atoms with Gasteiger partial charge in [-0.15, -0.1) is 0 Å². The standard InChI is InChI=1S/C29H23N7O5/c1-33-14-11-21(12-15-33)30-19-3-5-20(6-4-19)32-29(37)24-9-7-22(17-28(24)36(40)41)31-26-13-16-34(2)27-10-8-23(35(38)39)18-25(26)27/h3-18H,1-2H3,(H,32,37). The van der Waals surface area contributed by atoms with Crippen LogP contribution in [0.15, 0.2) is 107 Å². The highest BCUT2D eigenvalue weighted by Crippen LogP contribution is 2.27. The van der Waals surface area contributed by atoms with E-state index in [4.69, 9.17) is 0 Å². The van der Waals surface area contributed by atoms with Crippen molar-refractivity contribution in [3.8, 4) is 0 Å². The molecule has 12 heteroatoms. The highest BCUT2D eigenvalue weighted by atomic mass is 16.6. The Bertz CT molecular complexity index is 1950. The molecule has 0 unspecified atom stereocenters. The van der Waals surface area contributed by atoms with Crippen molar-refractivity contribution in [2.75, 3.05) is 5.32 Å². The number of aromatic nitrogens is 2. The van der Waals surface area contributed by atoms with Gasteiger partial charge in [0.05, 0.1) is 37.5 Å². The number of nitro groups is 2. The summed E-state index contributed by atoms with van der Waals surface area (Å²) in [6.45, 7) is 0. The number of benzene rings is 3. The zero-order chi connectivity index (χ0) is 29.1. The van der Waals surface area contributed by atoms with Crippen LogP contribution in [0.2, 0.25) is 0 Å². The van der Waals surface area contributed by atoms with Crippen molar-refractivity contribution in [1.82, 2.24) is 9.13 Å². The van der Waals surface area contributed by atoms with Gasteiger partial charge in [0.25, 0.3) is 17.3 Å². The maximum absolute atomic E-state index is 13.0. The lowest BCUT2D eigenvalue weighted by molar-refractivity contribution is -0.385. The first-order chi connectivity index (χ1) is 19.7. The highest BCUT2D eigenvalue weighted by molar-refractivity contribution is 6.07. The van der Waals surface area contributed by atoms with Crippen molar-refractivity contribution in [2.24, 2.45) is 24.1 Å². The van der Waals surface area contributed by atoms with Gasteiger partial charge in [0.1, 0.15) is 5.56 Å². The Labute approximate surface area is 232 Å². The molecular formula is C29H23N7O5. The molecule has 0 radical (unpaired) electrons. The SMILES string of the molecule is Cn1ccc(=Nc2ccc(NC(=O)c3ccc(N=c4ccn(C)c5ccc([N+](=O)[O-])cc45)cc3[N+](=O)[O-])cc2)cc1. The van der Waals surface area contributed by atoms with E-state index >= 15 is 0 Å². The quantitative estimate of drug-likeness (QED) is 0.232. The summed E-state index contributed by atoms with van der Waals surface area (Å²) in [4.78, 5) is 44.1. The Morgan fingerprint density at radius 1 is 0.780 bits per heavy atom. The second-order valence-corrected chi connectivity index (χ2v) is 9.18. The third-order valence-electron chi connectivity index (χ3n) is 6.32. The van der Waals surface area contributed by atoms with E-state index < -0.39 is 21.4 Å². The molecule has 5 aromatic rings. The number of amides is 1. The van der Waals surface area contributed by atoms with E-state index in [1.807, 2.05) is 36.1 Å². The first-order valence-electron chi connectivity index (χ1n) is 12.3. The average Bonchev–Trinajstić information content (AvgIpc) is 2.96. The molecule has 0 aliphatic carbocycles. The molecular weight excluding hydrogens is 526 g/mol. The van der Waals surface area contributed by atoms with Crippen LogP contribution >= 0.6 is 0 Å². The molecule has 0 aliphatic rings. The smallest absolute Gasteiger partial charge is 0.284 e. The number of fused-ring (bicyclic) bond motifs is 1. The molecule has 0 saturated carbocycles. The minimum Gasteiger partial charge on any atom is -0.357 e. The van der Waals surface area contributed by atoms with E-state index in [9.17, 15) is 25.0 Å². The molecule has 0 atom stereocenters. The molecule has 0 spiro atoms. The lowest BCUT2D eigenvalue weighted by Gasteiger charge is -2.08. The number of anilines is 1. The number of nitrogens with one attached hydrogen (secondary N) is 1. The maximum atomic E-state index is 13.0. The second-order valence-electron chi connectivity index (χ2n) is 9.18. The van der Waals surface area contributed by atoms with E-state index in [1.54, 1.807) is 54.2 Å². The highest BCUT2D eigenvalue weighted by Gasteiger charge is 2.21. The van der Waals surface area contributed by atoms with Crippen LogP contribution in [0.4, 0.5) is 28.4 Å². The number of nitrogens with zero attached hydrogens (tertiary/aromatic N) is 6. The summed E-state index contributed by atoms with van der Waals surface area (Å²) in [6.07, 6.45) is 5.50. The van der Waals surface area contributed by atoms with Gasteiger partial charge in [-0.3, -0.25) is 25.0 Å². The number of hydrogen-bond acceptors (Lipinski definition) is 7. The average molecular weight is 550 g/mol. The molecule has 0 fully saturated rings. The molecule has 0 saturated heterocycles. The Kier molecular flexibility index (Phi) is 7.20. The fourth-order valence-electron chi connectivity index (χ4n) is 4.21. The number of nitro benzene ring substituents is 2. The number of rotatable bonds is 6. The lowest BCUT2D eigenvalue weighted by Crippen LogP contribution is -2.14. The van der Waals surface area contributed by atoms with Gasteiger partial charge in [-0.05, 0) is 60.7 Å². The van der Waals surface area contributed by atoms with Gasteiger partial charge in [-0.25, -0.2) is 9.98 Å². The van der Waals surface area contributed by atoms with Crippen molar-refractivity contribution in [3.63, 3.8) is 0 Å². The van der Waals surface area contributed by atoms with Gasteiger partial charge in [-0.2, -0.15) is 0 Å². The summed E-state index contributed by atoms with van der Waals surface area (Å²) >= 11 is 0. The Morgan fingerprint density at radius 2 is 1.49 bits per heavy atom. The Hall–Kier alpha value is -5.91. The maximum Gasteiger partial charge on any atom is 0.284 e. The molecule has 1 amide bonds. The number of non-ortho nitro benzene ring substituents is 1. The lowest BCUT2D eigenvalue weighted by atomic mass is 10.1. The van der Waals surface area contributed by atoms with Crippen molar-refractivity contribution in [2.45, 2.75) is 0 Å². The van der Waals surface area contributed by atoms with Crippen LogP contribution in [0.5, 0.6) is 0 Å². The number of carbonyl (C=O) groups excluding carboxylic acids is 1. The van der Waals surface area contributed by atoms with E-state index in [2.05, 4.69) is 15.3 Å². The van der Waals surface area contributed by atoms with Crippen molar-refractivity contribution < 1.29 is 14.6 Å². The molecule has 0 aliphatic heterocycles. The largest absolute Gasteiger partial charge is 0.357 e. The molecule has 5 rings (SSSR count). The topological polar surface area (TPSA) is 150 Å². The third-order valence-corrected chi connectivity index (χ3v) is 6.32. The third kappa shape index (κ3) is 5.91. The van der Waals surface area contributed by atoms with Crippen molar-refractivity contribution in [3.05, 3.63) is 134 Å². The summed E-state index contributed by atoms with van der Waals surface area (Å²) in [7, 11) is 3.70. The number of aryl methyl sites for hydroxylation is 2. The van der Waals surface area contributed by atoms with E-state index in [1.165, 1.54) is 30.3 Å². The van der Waals surface area contributed by atoms with Crippen molar-refractivity contribution >= 4 is 45.2 Å². The molecule has 0 bridgehead atoms. The summed E-state index contributed by atoms with van der Waals surface area (Å²) in [5, 5.41) is 27.5. The normalized spacial score (nSPS) is 11.3. The predicted molar refractivity (Wildman–Crippen MR) is 153 cm³/mol. The summed E-state index contributed by atoms with van der Waals surface area (Å²) in [5.41, 5.74) is 1.37. The first kappa shape index (κ1) is 26.7. The zero-order valence-corrected chi connectivity index (χ0v) is 22.0. The molecule has 1 N–H and O–H groups in total. The first-order valence-corrected chi connectivity index (χ1v) is 12.3. The van der Waals surface area contributed by atoms with Crippen LogP contribution in [0.25, 0.3) is 10.9 Å². The van der Waals surface area contributed by atoms with Crippen LogP contribution in [0.3, 0.4) is 0 Å². The Morgan fingerprint density at radius 3 is 2.17 bits per heavy atom. The van der Waals surface area contributed by atoms with Gasteiger partial charge in [-0.1, -0.05) is 0 Å². The minimum absolute atomic E-state index is 0.103. The number of pyridine rings is 2. The number of carbonyl (C=O) groups is 1. The van der Waals surface area contributed by atoms with Gasteiger partial charge in [0.15, 0.2) is 0 Å². The van der Waals surface area contributed by atoms with Crippen LogP contribution < -0.4 is 16.0 Å². The molecule has 204 valence electrons. The number of hydrogen-bond donors (Lipinski definition) is 1. The van der Waals surface area contributed by atoms with Gasteiger partial charge in [0.2, 0.25) is 0 Å². The van der Waals surface area contributed by atoms with Crippen LogP contribution in [0, 0.1) is 20.2 Å². The molecule has 41 heavy (non-hydrogen) atoms. The van der Waals surface area contributed by atoms with Gasteiger partial charge < -0.3 is 14.5 Å². The summed E-state index contributed by atoms with van der Waals surface area (Å²) in [5.74, 6) is -0.656. The molecule has 12 nitrogen and oxygen atoms in total. The summed E-state index contributed by atoms with van der Waals surface area (Å²) in [6, 6.07) is 20.6. The van der Waals surface area contributed by atoms with E-state index in [0.29, 0.717) is 27.6 Å². The van der Waals surface area contributed by atoms with Gasteiger partial charge in [0, 0.05) is 62.0 Å². The monoisotopic (exact) mass is 549 g/mol. The second kappa shape index (κ2) is 11.1. The van der Waals surface area contributed by atoms with Crippen LogP contribution in [-0.2, 0) is 14.1 Å². The summed E-state index contributed by atoms with van der Waals surface area (Å²) < 4.78 is 3.69. The molecule has 2 aromatic heterocycles. The van der Waals surface area contributed by atoms with Crippen LogP contribution in [0.1, 0.15) is 10.4 Å².